The number of hydrazone groups is 1. The van der Waals surface area contributed by atoms with Crippen molar-refractivity contribution in [1.82, 2.24) is 5.43 Å². The summed E-state index contributed by atoms with van der Waals surface area (Å²) in [6.45, 7) is 3.99. The third-order valence-electron chi connectivity index (χ3n) is 3.48. The Labute approximate surface area is 162 Å². The second-order valence-corrected chi connectivity index (χ2v) is 5.39. The second kappa shape index (κ2) is 10.4. The minimum atomic E-state index is -0.906. The van der Waals surface area contributed by atoms with Gasteiger partial charge < -0.3 is 19.5 Å². The number of hydrogen-bond acceptors (Lipinski definition) is 6. The summed E-state index contributed by atoms with van der Waals surface area (Å²) in [6.07, 6.45) is 3.07. The van der Waals surface area contributed by atoms with Crippen molar-refractivity contribution in [2.75, 3.05) is 26.1 Å². The lowest BCUT2D eigenvalue weighted by atomic mass is 10.2. The SMILES string of the molecule is C=CCOc1ccc(C=NNC(=O)C(=O)Nc2ccc(OC)c(OC)c2)cc1. The zero-order valence-electron chi connectivity index (χ0n) is 15.6. The number of rotatable bonds is 8. The van der Waals surface area contributed by atoms with Gasteiger partial charge in [-0.05, 0) is 42.0 Å². The summed E-state index contributed by atoms with van der Waals surface area (Å²) < 4.78 is 15.6. The van der Waals surface area contributed by atoms with Crippen molar-refractivity contribution in [2.24, 2.45) is 5.10 Å². The van der Waals surface area contributed by atoms with Crippen LogP contribution in [0.4, 0.5) is 5.69 Å². The monoisotopic (exact) mass is 383 g/mol. The van der Waals surface area contributed by atoms with Gasteiger partial charge in [-0.3, -0.25) is 9.59 Å². The topological polar surface area (TPSA) is 98.2 Å². The average Bonchev–Trinajstić information content (AvgIpc) is 2.72. The van der Waals surface area contributed by atoms with Crippen LogP contribution >= 0.6 is 0 Å². The van der Waals surface area contributed by atoms with E-state index >= 15 is 0 Å². The van der Waals surface area contributed by atoms with Crippen LogP contribution in [0.15, 0.2) is 60.2 Å². The Balaban J connectivity index is 1.89. The van der Waals surface area contributed by atoms with E-state index in [0.29, 0.717) is 29.5 Å². The molecule has 146 valence electrons. The Hall–Kier alpha value is -3.81. The molecule has 0 aliphatic carbocycles. The first-order valence-electron chi connectivity index (χ1n) is 8.27. The Morgan fingerprint density at radius 1 is 1.04 bits per heavy atom. The van der Waals surface area contributed by atoms with Crippen molar-refractivity contribution in [3.8, 4) is 17.2 Å². The molecule has 2 aromatic rings. The van der Waals surface area contributed by atoms with Crippen LogP contribution in [0.5, 0.6) is 17.2 Å². The maximum atomic E-state index is 12.0. The number of hydrogen-bond donors (Lipinski definition) is 2. The van der Waals surface area contributed by atoms with Crippen LogP contribution < -0.4 is 25.0 Å². The van der Waals surface area contributed by atoms with E-state index in [-0.39, 0.29) is 0 Å². The Morgan fingerprint density at radius 3 is 2.39 bits per heavy atom. The maximum absolute atomic E-state index is 12.0. The first kappa shape index (κ1) is 20.5. The first-order chi connectivity index (χ1) is 13.6. The average molecular weight is 383 g/mol. The van der Waals surface area contributed by atoms with E-state index in [0.717, 1.165) is 5.56 Å². The van der Waals surface area contributed by atoms with Crippen molar-refractivity contribution in [1.29, 1.82) is 0 Å². The van der Waals surface area contributed by atoms with Gasteiger partial charge in [0.05, 0.1) is 20.4 Å². The number of amides is 2. The molecule has 8 heteroatoms. The van der Waals surface area contributed by atoms with E-state index in [2.05, 4.69) is 22.4 Å². The van der Waals surface area contributed by atoms with Gasteiger partial charge >= 0.3 is 11.8 Å². The fraction of sp³-hybridized carbons (Fsp3) is 0.150. The molecule has 0 radical (unpaired) electrons. The number of carbonyl (C=O) groups excluding carboxylic acids is 2. The number of carbonyl (C=O) groups is 2. The molecule has 2 N–H and O–H groups in total. The highest BCUT2D eigenvalue weighted by Gasteiger charge is 2.14. The highest BCUT2D eigenvalue weighted by Crippen LogP contribution is 2.29. The molecule has 28 heavy (non-hydrogen) atoms. The molecule has 0 saturated carbocycles. The molecule has 0 aromatic heterocycles. The molecule has 2 rings (SSSR count). The summed E-state index contributed by atoms with van der Waals surface area (Å²) in [5, 5.41) is 6.23. The normalized spacial score (nSPS) is 10.2. The van der Waals surface area contributed by atoms with Crippen LogP contribution in [0.3, 0.4) is 0 Å². The lowest BCUT2D eigenvalue weighted by Gasteiger charge is -2.10. The van der Waals surface area contributed by atoms with Crippen LogP contribution in [0.25, 0.3) is 0 Å². The van der Waals surface area contributed by atoms with Gasteiger partial charge in [-0.1, -0.05) is 12.7 Å². The quantitative estimate of drug-likeness (QED) is 0.316. The van der Waals surface area contributed by atoms with Gasteiger partial charge in [0.15, 0.2) is 11.5 Å². The highest BCUT2D eigenvalue weighted by molar-refractivity contribution is 6.39. The molecule has 0 spiro atoms. The van der Waals surface area contributed by atoms with Crippen LogP contribution in [0, 0.1) is 0 Å². The lowest BCUT2D eigenvalue weighted by Crippen LogP contribution is -2.32. The third kappa shape index (κ3) is 5.87. The van der Waals surface area contributed by atoms with Crippen molar-refractivity contribution >= 4 is 23.7 Å². The zero-order chi connectivity index (χ0) is 20.4. The van der Waals surface area contributed by atoms with E-state index in [4.69, 9.17) is 14.2 Å². The van der Waals surface area contributed by atoms with Gasteiger partial charge in [0, 0.05) is 11.8 Å². The molecule has 0 aliphatic heterocycles. The van der Waals surface area contributed by atoms with Gasteiger partial charge in [0.1, 0.15) is 12.4 Å². The summed E-state index contributed by atoms with van der Waals surface area (Å²) in [7, 11) is 2.98. The largest absolute Gasteiger partial charge is 0.493 e. The Bertz CT molecular complexity index is 863. The molecule has 2 amide bonds. The number of ether oxygens (including phenoxy) is 3. The summed E-state index contributed by atoms with van der Waals surface area (Å²) in [6, 6.07) is 11.8. The number of anilines is 1. The van der Waals surface area contributed by atoms with Gasteiger partial charge in [0.25, 0.3) is 0 Å². The van der Waals surface area contributed by atoms with Crippen LogP contribution in [0.1, 0.15) is 5.56 Å². The lowest BCUT2D eigenvalue weighted by molar-refractivity contribution is -0.136. The van der Waals surface area contributed by atoms with E-state index in [1.807, 2.05) is 0 Å². The standard InChI is InChI=1S/C20H21N3O5/c1-4-11-28-16-8-5-14(6-9-16)13-21-23-20(25)19(24)22-15-7-10-17(26-2)18(12-15)27-3/h4-10,12-13H,1,11H2,2-3H3,(H,22,24)(H,23,25). The number of benzene rings is 2. The summed E-state index contributed by atoms with van der Waals surface area (Å²) in [5.41, 5.74) is 3.28. The fourth-order valence-corrected chi connectivity index (χ4v) is 2.12. The van der Waals surface area contributed by atoms with Gasteiger partial charge in [0.2, 0.25) is 0 Å². The first-order valence-corrected chi connectivity index (χ1v) is 8.27. The van der Waals surface area contributed by atoms with Crippen LogP contribution in [-0.4, -0.2) is 38.9 Å². The molecule has 0 atom stereocenters. The molecule has 0 aliphatic rings. The van der Waals surface area contributed by atoms with E-state index in [9.17, 15) is 9.59 Å². The number of nitrogens with zero attached hydrogens (tertiary/aromatic N) is 1. The van der Waals surface area contributed by atoms with Gasteiger partial charge in [-0.25, -0.2) is 5.43 Å². The molecule has 8 nitrogen and oxygen atoms in total. The van der Waals surface area contributed by atoms with Crippen molar-refractivity contribution in [3.05, 3.63) is 60.7 Å². The van der Waals surface area contributed by atoms with Crippen molar-refractivity contribution in [2.45, 2.75) is 0 Å². The molecular formula is C20H21N3O5. The van der Waals surface area contributed by atoms with E-state index < -0.39 is 11.8 Å². The van der Waals surface area contributed by atoms with Crippen LogP contribution in [-0.2, 0) is 9.59 Å². The predicted octanol–water partition coefficient (Wildman–Crippen LogP) is 2.36. The third-order valence-corrected chi connectivity index (χ3v) is 3.48. The maximum Gasteiger partial charge on any atom is 0.329 e. The summed E-state index contributed by atoms with van der Waals surface area (Å²) >= 11 is 0. The minimum Gasteiger partial charge on any atom is -0.493 e. The van der Waals surface area contributed by atoms with Crippen LogP contribution in [0.2, 0.25) is 0 Å². The van der Waals surface area contributed by atoms with Crippen molar-refractivity contribution in [3.63, 3.8) is 0 Å². The summed E-state index contributed by atoms with van der Waals surface area (Å²) in [5.74, 6) is -0.139. The molecule has 2 aromatic carbocycles. The second-order valence-electron chi connectivity index (χ2n) is 5.39. The van der Waals surface area contributed by atoms with E-state index in [1.54, 1.807) is 48.5 Å². The fourth-order valence-electron chi connectivity index (χ4n) is 2.12. The molecule has 0 fully saturated rings. The molecule has 0 heterocycles. The Morgan fingerprint density at radius 2 is 1.75 bits per heavy atom. The molecule has 0 bridgehead atoms. The van der Waals surface area contributed by atoms with E-state index in [1.165, 1.54) is 20.4 Å². The zero-order valence-corrected chi connectivity index (χ0v) is 15.6. The smallest absolute Gasteiger partial charge is 0.329 e. The Kier molecular flexibility index (Phi) is 7.59. The predicted molar refractivity (Wildman–Crippen MR) is 106 cm³/mol. The highest BCUT2D eigenvalue weighted by atomic mass is 16.5. The summed E-state index contributed by atoms with van der Waals surface area (Å²) in [4.78, 5) is 23.8. The van der Waals surface area contributed by atoms with Gasteiger partial charge in [-0.2, -0.15) is 5.10 Å². The van der Waals surface area contributed by atoms with Gasteiger partial charge in [-0.15, -0.1) is 0 Å². The molecule has 0 unspecified atom stereocenters. The van der Waals surface area contributed by atoms with Crippen molar-refractivity contribution < 1.29 is 23.8 Å². The molecule has 0 saturated heterocycles. The molecular weight excluding hydrogens is 362 g/mol. The number of methoxy groups -OCH3 is 2. The number of nitrogens with one attached hydrogen (secondary N) is 2. The minimum absolute atomic E-state index is 0.386.